The zero-order valence-electron chi connectivity index (χ0n) is 12.9. The fourth-order valence-electron chi connectivity index (χ4n) is 5.75. The largest absolute Gasteiger partial charge is 0.0625 e. The predicted molar refractivity (Wildman–Crippen MR) is 78.4 cm³/mol. The molecule has 0 spiro atoms. The van der Waals surface area contributed by atoms with Crippen molar-refractivity contribution >= 4 is 0 Å². The summed E-state index contributed by atoms with van der Waals surface area (Å²) >= 11 is 0. The van der Waals surface area contributed by atoms with Crippen LogP contribution in [0.15, 0.2) is 0 Å². The van der Waals surface area contributed by atoms with Crippen molar-refractivity contribution in [1.29, 1.82) is 0 Å². The third-order valence-electron chi connectivity index (χ3n) is 7.27. The van der Waals surface area contributed by atoms with Gasteiger partial charge in [0.2, 0.25) is 0 Å². The van der Waals surface area contributed by atoms with Gasteiger partial charge in [0.05, 0.1) is 0 Å². The normalized spacial score (nSPS) is 51.3. The van der Waals surface area contributed by atoms with Crippen LogP contribution in [0.4, 0.5) is 0 Å². The fraction of sp³-hybridized carbons (Fsp3) is 1.00. The van der Waals surface area contributed by atoms with Crippen LogP contribution in [0.5, 0.6) is 0 Å². The van der Waals surface area contributed by atoms with Gasteiger partial charge in [0.25, 0.3) is 0 Å². The zero-order valence-corrected chi connectivity index (χ0v) is 12.9. The van der Waals surface area contributed by atoms with Crippen molar-refractivity contribution < 1.29 is 0 Å². The highest BCUT2D eigenvalue weighted by Gasteiger charge is 2.48. The lowest BCUT2D eigenvalue weighted by atomic mass is 9.50. The van der Waals surface area contributed by atoms with E-state index in [1.54, 1.807) is 25.7 Å². The zero-order chi connectivity index (χ0) is 12.9. The Hall–Kier alpha value is 0. The molecule has 0 nitrogen and oxygen atoms in total. The van der Waals surface area contributed by atoms with Gasteiger partial charge >= 0.3 is 0 Å². The molecule has 0 aromatic heterocycles. The van der Waals surface area contributed by atoms with Crippen LogP contribution in [-0.2, 0) is 0 Å². The number of rotatable bonds is 0. The van der Waals surface area contributed by atoms with Crippen LogP contribution in [0.3, 0.4) is 0 Å². The Balaban J connectivity index is 1.77. The molecule has 3 rings (SSSR count). The molecule has 0 bridgehead atoms. The molecule has 3 saturated carbocycles. The molecule has 0 radical (unpaired) electrons. The average Bonchev–Trinajstić information content (AvgIpc) is 2.33. The van der Waals surface area contributed by atoms with E-state index in [2.05, 4.69) is 27.7 Å². The monoisotopic (exact) mass is 248 g/mol. The lowest BCUT2D eigenvalue weighted by Crippen LogP contribution is -2.47. The Morgan fingerprint density at radius 3 is 2.28 bits per heavy atom. The summed E-state index contributed by atoms with van der Waals surface area (Å²) in [4.78, 5) is 0. The van der Waals surface area contributed by atoms with Gasteiger partial charge in [-0.3, -0.25) is 0 Å². The molecule has 0 aromatic rings. The molecule has 0 amide bonds. The van der Waals surface area contributed by atoms with Gasteiger partial charge in [-0.1, -0.05) is 34.1 Å². The summed E-state index contributed by atoms with van der Waals surface area (Å²) in [6.45, 7) is 10.1. The molecule has 3 fully saturated rings. The highest BCUT2D eigenvalue weighted by Crippen LogP contribution is 2.57. The van der Waals surface area contributed by atoms with Gasteiger partial charge in [-0.25, -0.2) is 0 Å². The number of hydrogen-bond acceptors (Lipinski definition) is 0. The van der Waals surface area contributed by atoms with Crippen LogP contribution in [-0.4, -0.2) is 0 Å². The van der Waals surface area contributed by atoms with Gasteiger partial charge in [-0.15, -0.1) is 0 Å². The maximum Gasteiger partial charge on any atom is -0.0326 e. The van der Waals surface area contributed by atoms with Crippen LogP contribution in [0, 0.1) is 40.9 Å². The molecule has 6 atom stereocenters. The summed E-state index contributed by atoms with van der Waals surface area (Å²) in [5, 5.41) is 0. The topological polar surface area (TPSA) is 0 Å². The molecular weight excluding hydrogens is 216 g/mol. The Kier molecular flexibility index (Phi) is 3.27. The Morgan fingerprint density at radius 2 is 1.50 bits per heavy atom. The summed E-state index contributed by atoms with van der Waals surface area (Å²) in [5.74, 6) is 6.33. The second-order valence-corrected chi connectivity index (χ2v) is 8.56. The standard InChI is InChI=1S/C18H32/c1-12-5-7-16-14(11-12)6-8-15-13(2)18(3,4)10-9-17(15)16/h12-17H,5-11H2,1-4H3. The minimum absolute atomic E-state index is 0.607. The maximum absolute atomic E-state index is 2.56. The van der Waals surface area contributed by atoms with Crippen LogP contribution < -0.4 is 0 Å². The van der Waals surface area contributed by atoms with Crippen molar-refractivity contribution in [2.24, 2.45) is 40.9 Å². The number of hydrogen-bond donors (Lipinski definition) is 0. The second-order valence-electron chi connectivity index (χ2n) is 8.56. The summed E-state index contributed by atoms with van der Waals surface area (Å²) in [5.41, 5.74) is 0.607. The van der Waals surface area contributed by atoms with E-state index in [1.807, 2.05) is 0 Å². The van der Waals surface area contributed by atoms with Crippen molar-refractivity contribution in [1.82, 2.24) is 0 Å². The van der Waals surface area contributed by atoms with Gasteiger partial charge in [0.15, 0.2) is 0 Å². The Morgan fingerprint density at radius 1 is 0.778 bits per heavy atom. The Labute approximate surface area is 114 Å². The van der Waals surface area contributed by atoms with Gasteiger partial charge in [0, 0.05) is 0 Å². The van der Waals surface area contributed by atoms with Gasteiger partial charge in [-0.2, -0.15) is 0 Å². The fourth-order valence-corrected chi connectivity index (χ4v) is 5.75. The molecule has 6 unspecified atom stereocenters. The molecule has 18 heavy (non-hydrogen) atoms. The van der Waals surface area contributed by atoms with Gasteiger partial charge < -0.3 is 0 Å². The summed E-state index contributed by atoms with van der Waals surface area (Å²) < 4.78 is 0. The molecule has 0 heterocycles. The van der Waals surface area contributed by atoms with E-state index in [0.29, 0.717) is 5.41 Å². The first-order chi connectivity index (χ1) is 8.49. The predicted octanol–water partition coefficient (Wildman–Crippen LogP) is 5.52. The molecule has 3 aliphatic rings. The lowest BCUT2D eigenvalue weighted by molar-refractivity contribution is -0.0552. The highest BCUT2D eigenvalue weighted by molar-refractivity contribution is 4.98. The van der Waals surface area contributed by atoms with E-state index >= 15 is 0 Å². The van der Waals surface area contributed by atoms with E-state index in [4.69, 9.17) is 0 Å². The smallest absolute Gasteiger partial charge is 0.0326 e. The molecular formula is C18H32. The minimum atomic E-state index is 0.607. The van der Waals surface area contributed by atoms with E-state index in [1.165, 1.54) is 19.3 Å². The third-order valence-corrected chi connectivity index (χ3v) is 7.27. The summed E-state index contributed by atoms with van der Waals surface area (Å²) in [6.07, 6.45) is 10.7. The van der Waals surface area contributed by atoms with Crippen LogP contribution >= 0.6 is 0 Å². The van der Waals surface area contributed by atoms with E-state index < -0.39 is 0 Å². The van der Waals surface area contributed by atoms with E-state index in [9.17, 15) is 0 Å². The van der Waals surface area contributed by atoms with Gasteiger partial charge in [0.1, 0.15) is 0 Å². The highest BCUT2D eigenvalue weighted by atomic mass is 14.5. The van der Waals surface area contributed by atoms with E-state index in [0.717, 1.165) is 35.5 Å². The molecule has 0 aromatic carbocycles. The Bertz CT molecular complexity index is 303. The minimum Gasteiger partial charge on any atom is -0.0625 e. The first-order valence-electron chi connectivity index (χ1n) is 8.49. The van der Waals surface area contributed by atoms with E-state index in [-0.39, 0.29) is 0 Å². The van der Waals surface area contributed by atoms with Crippen molar-refractivity contribution in [3.8, 4) is 0 Å². The van der Waals surface area contributed by atoms with Crippen molar-refractivity contribution in [3.63, 3.8) is 0 Å². The van der Waals surface area contributed by atoms with Crippen LogP contribution in [0.25, 0.3) is 0 Å². The third kappa shape index (κ3) is 2.04. The quantitative estimate of drug-likeness (QED) is 0.529. The van der Waals surface area contributed by atoms with Crippen molar-refractivity contribution in [3.05, 3.63) is 0 Å². The second kappa shape index (κ2) is 4.53. The van der Waals surface area contributed by atoms with Crippen LogP contribution in [0.1, 0.15) is 72.6 Å². The molecule has 0 N–H and O–H groups in total. The summed E-state index contributed by atoms with van der Waals surface area (Å²) in [7, 11) is 0. The molecule has 0 aliphatic heterocycles. The molecule has 104 valence electrons. The SMILES string of the molecule is CC1CCC2C(CCC3C2CCC(C)(C)C3C)C1. The van der Waals surface area contributed by atoms with Crippen LogP contribution in [0.2, 0.25) is 0 Å². The first kappa shape index (κ1) is 13.0. The van der Waals surface area contributed by atoms with Gasteiger partial charge in [-0.05, 0) is 79.4 Å². The van der Waals surface area contributed by atoms with Crippen molar-refractivity contribution in [2.45, 2.75) is 72.6 Å². The molecule has 0 heteroatoms. The van der Waals surface area contributed by atoms with Crippen molar-refractivity contribution in [2.75, 3.05) is 0 Å². The average molecular weight is 248 g/mol. The lowest BCUT2D eigenvalue weighted by Gasteiger charge is -2.55. The maximum atomic E-state index is 2.56. The molecule has 3 aliphatic carbocycles. The summed E-state index contributed by atoms with van der Waals surface area (Å²) in [6, 6.07) is 0. The first-order valence-corrected chi connectivity index (χ1v) is 8.49. The molecule has 0 saturated heterocycles. The number of fused-ring (bicyclic) bond motifs is 3.